The molecule has 2 unspecified atom stereocenters. The van der Waals surface area contributed by atoms with Crippen LogP contribution in [-0.2, 0) is 9.47 Å². The normalized spacial score (nSPS) is 22.7. The number of benzene rings is 2. The van der Waals surface area contributed by atoms with E-state index in [1.165, 1.54) is 14.2 Å². The fraction of sp³-hybridized carbons (Fsp3) is 0.133. The molecule has 4 rings (SSSR count). The third kappa shape index (κ3) is 6.98. The second-order valence-electron chi connectivity index (χ2n) is 9.29. The third-order valence-corrected chi connectivity index (χ3v) is 6.79. The topological polar surface area (TPSA) is 153 Å². The van der Waals surface area contributed by atoms with E-state index in [9.17, 15) is 9.59 Å². The van der Waals surface area contributed by atoms with E-state index in [2.05, 4.69) is 21.3 Å². The van der Waals surface area contributed by atoms with Crippen molar-refractivity contribution in [3.63, 3.8) is 0 Å². The Morgan fingerprint density at radius 1 is 0.667 bits per heavy atom. The van der Waals surface area contributed by atoms with Crippen LogP contribution in [0.25, 0.3) is 0 Å². The van der Waals surface area contributed by atoms with E-state index in [1.807, 2.05) is 12.1 Å². The van der Waals surface area contributed by atoms with Gasteiger partial charge >= 0.3 is 0 Å². The Hall–Kier alpha value is -4.62. The summed E-state index contributed by atoms with van der Waals surface area (Å²) in [6.07, 6.45) is 10.4. The number of hydrogen-bond acceptors (Lipinski definition) is 8. The predicted molar refractivity (Wildman–Crippen MR) is 169 cm³/mol. The summed E-state index contributed by atoms with van der Waals surface area (Å²) in [4.78, 5) is 25.0. The van der Waals surface area contributed by atoms with Crippen molar-refractivity contribution in [2.45, 2.75) is 11.3 Å². The minimum Gasteiger partial charge on any atom is -0.497 e. The molecule has 8 N–H and O–H groups in total. The van der Waals surface area contributed by atoms with Gasteiger partial charge in [0.1, 0.15) is 11.5 Å². The summed E-state index contributed by atoms with van der Waals surface area (Å²) >= 11 is 10.7. The molecule has 0 fully saturated rings. The number of hydrogen-bond donors (Lipinski definition) is 6. The van der Waals surface area contributed by atoms with Crippen LogP contribution in [0.5, 0.6) is 0 Å². The monoisotopic (exact) mass is 602 g/mol. The molecule has 0 saturated carbocycles. The molecule has 2 aliphatic carbocycles. The Kier molecular flexibility index (Phi) is 9.33. The zero-order chi connectivity index (χ0) is 30.3. The molecule has 2 aliphatic rings. The van der Waals surface area contributed by atoms with Crippen LogP contribution in [-0.4, -0.2) is 47.6 Å². The zero-order valence-corrected chi connectivity index (χ0v) is 24.5. The standard InChI is InChI=1S/C30H30N6O4S2/c1-39-23-17-21(13-15-29(23,31)35-27(41)33-25(37)19-9-5-3-6-10-19)22-14-16-30(32,24(18-22)40-2)36-28(42)34-26(38)20-11-7-4-8-12-20/h3-18H,31-32H2,1-2H3,(H2,33,35,37,41)(H2,34,36,38,42). The summed E-state index contributed by atoms with van der Waals surface area (Å²) in [7, 11) is 2.96. The maximum atomic E-state index is 12.5. The quantitative estimate of drug-likeness (QED) is 0.215. The van der Waals surface area contributed by atoms with E-state index in [0.29, 0.717) is 22.6 Å². The molecule has 2 aromatic carbocycles. The molecule has 0 aromatic heterocycles. The maximum absolute atomic E-state index is 12.5. The average Bonchev–Trinajstić information content (AvgIpc) is 2.98. The van der Waals surface area contributed by atoms with Gasteiger partial charge < -0.3 is 20.1 Å². The van der Waals surface area contributed by atoms with Crippen molar-refractivity contribution in [2.24, 2.45) is 11.5 Å². The molecule has 12 heteroatoms. The summed E-state index contributed by atoms with van der Waals surface area (Å²) in [5.41, 5.74) is 12.9. The molecule has 0 aliphatic heterocycles. The lowest BCUT2D eigenvalue weighted by Gasteiger charge is -2.34. The molecular weight excluding hydrogens is 573 g/mol. The predicted octanol–water partition coefficient (Wildman–Crippen LogP) is 2.40. The first-order chi connectivity index (χ1) is 20.1. The molecular formula is C30H30N6O4S2. The van der Waals surface area contributed by atoms with Crippen LogP contribution in [0.15, 0.2) is 120 Å². The summed E-state index contributed by atoms with van der Waals surface area (Å²) in [5, 5.41) is 11.2. The molecule has 0 bridgehead atoms. The van der Waals surface area contributed by atoms with Crippen molar-refractivity contribution in [3.05, 3.63) is 131 Å². The zero-order valence-electron chi connectivity index (χ0n) is 22.8. The van der Waals surface area contributed by atoms with Gasteiger partial charge in [-0.3, -0.25) is 31.7 Å². The molecule has 216 valence electrons. The number of carbonyl (C=O) groups is 2. The van der Waals surface area contributed by atoms with Crippen LogP contribution in [0.2, 0.25) is 0 Å². The lowest BCUT2D eigenvalue weighted by atomic mass is 9.91. The second kappa shape index (κ2) is 12.9. The van der Waals surface area contributed by atoms with Gasteiger partial charge in [0.05, 0.1) is 14.2 Å². The second-order valence-corrected chi connectivity index (χ2v) is 10.1. The number of allylic oxidation sites excluding steroid dienone is 6. The van der Waals surface area contributed by atoms with E-state index in [1.54, 1.807) is 85.0 Å². The highest BCUT2D eigenvalue weighted by Gasteiger charge is 2.35. The van der Waals surface area contributed by atoms with Gasteiger partial charge in [-0.2, -0.15) is 0 Å². The molecule has 0 radical (unpaired) electrons. The fourth-order valence-electron chi connectivity index (χ4n) is 4.21. The van der Waals surface area contributed by atoms with Crippen LogP contribution < -0.4 is 32.7 Å². The van der Waals surface area contributed by atoms with Crippen molar-refractivity contribution in [1.29, 1.82) is 0 Å². The molecule has 0 saturated heterocycles. The molecule has 0 heterocycles. The number of amides is 2. The van der Waals surface area contributed by atoms with E-state index in [-0.39, 0.29) is 22.0 Å². The minimum absolute atomic E-state index is 0.0310. The van der Waals surface area contributed by atoms with Gasteiger partial charge in [-0.1, -0.05) is 48.6 Å². The van der Waals surface area contributed by atoms with Gasteiger partial charge in [0.15, 0.2) is 21.6 Å². The van der Waals surface area contributed by atoms with Crippen molar-refractivity contribution in [1.82, 2.24) is 21.3 Å². The van der Waals surface area contributed by atoms with E-state index >= 15 is 0 Å². The number of methoxy groups -OCH3 is 2. The van der Waals surface area contributed by atoms with Gasteiger partial charge in [-0.05, 0) is 84.2 Å². The van der Waals surface area contributed by atoms with E-state index in [4.69, 9.17) is 45.4 Å². The molecule has 0 spiro atoms. The highest BCUT2D eigenvalue weighted by Crippen LogP contribution is 2.30. The van der Waals surface area contributed by atoms with Crippen LogP contribution in [0, 0.1) is 0 Å². The Labute approximate surface area is 254 Å². The summed E-state index contributed by atoms with van der Waals surface area (Å²) in [6, 6.07) is 17.4. The number of carbonyl (C=O) groups excluding carboxylic acids is 2. The van der Waals surface area contributed by atoms with Crippen molar-refractivity contribution in [3.8, 4) is 0 Å². The van der Waals surface area contributed by atoms with Crippen LogP contribution in [0.4, 0.5) is 0 Å². The first-order valence-corrected chi connectivity index (χ1v) is 13.5. The minimum atomic E-state index is -1.33. The van der Waals surface area contributed by atoms with E-state index in [0.717, 1.165) is 11.1 Å². The largest absolute Gasteiger partial charge is 0.497 e. The number of rotatable bonds is 6. The molecule has 2 aromatic rings. The Morgan fingerprint density at radius 3 is 1.36 bits per heavy atom. The van der Waals surface area contributed by atoms with Crippen molar-refractivity contribution >= 4 is 46.5 Å². The molecule has 42 heavy (non-hydrogen) atoms. The lowest BCUT2D eigenvalue weighted by molar-refractivity contribution is 0.0967. The van der Waals surface area contributed by atoms with Crippen LogP contribution in [0.3, 0.4) is 0 Å². The van der Waals surface area contributed by atoms with Crippen molar-refractivity contribution in [2.75, 3.05) is 14.2 Å². The fourth-order valence-corrected chi connectivity index (χ4v) is 4.74. The number of ether oxygens (including phenoxy) is 2. The van der Waals surface area contributed by atoms with Gasteiger partial charge in [-0.15, -0.1) is 0 Å². The Morgan fingerprint density at radius 2 is 1.02 bits per heavy atom. The van der Waals surface area contributed by atoms with Crippen molar-refractivity contribution < 1.29 is 19.1 Å². The van der Waals surface area contributed by atoms with Gasteiger partial charge in [0.2, 0.25) is 0 Å². The molecule has 10 nitrogen and oxygen atoms in total. The SMILES string of the molecule is COC1=CC(=C2C=CC(N)(NC(=S)NC(=O)c3ccccc3)C(OC)=C2)C=CC1(N)NC(=S)NC(=O)c1ccccc1. The first kappa shape index (κ1) is 30.3. The van der Waals surface area contributed by atoms with Gasteiger partial charge in [0, 0.05) is 11.1 Å². The van der Waals surface area contributed by atoms with Crippen LogP contribution in [0.1, 0.15) is 20.7 Å². The highest BCUT2D eigenvalue weighted by atomic mass is 32.1. The lowest BCUT2D eigenvalue weighted by Crippen LogP contribution is -2.60. The summed E-state index contributed by atoms with van der Waals surface area (Å²) < 4.78 is 11.2. The number of nitrogens with one attached hydrogen (secondary N) is 4. The summed E-state index contributed by atoms with van der Waals surface area (Å²) in [5.74, 6) is -0.0520. The summed E-state index contributed by atoms with van der Waals surface area (Å²) in [6.45, 7) is 0. The van der Waals surface area contributed by atoms with Gasteiger partial charge in [-0.25, -0.2) is 0 Å². The Balaban J connectivity index is 1.47. The highest BCUT2D eigenvalue weighted by molar-refractivity contribution is 7.80. The van der Waals surface area contributed by atoms with Gasteiger partial charge in [0.25, 0.3) is 11.8 Å². The number of nitrogens with two attached hydrogens (primary N) is 2. The maximum Gasteiger partial charge on any atom is 0.257 e. The smallest absolute Gasteiger partial charge is 0.257 e. The Bertz CT molecular complexity index is 1440. The molecule has 2 amide bonds. The average molecular weight is 603 g/mol. The van der Waals surface area contributed by atoms with Crippen LogP contribution >= 0.6 is 24.4 Å². The molecule has 2 atom stereocenters. The number of thiocarbonyl (C=S) groups is 2. The third-order valence-electron chi connectivity index (χ3n) is 6.38. The van der Waals surface area contributed by atoms with E-state index < -0.39 is 11.3 Å². The first-order valence-electron chi connectivity index (χ1n) is 12.7.